The van der Waals surface area contributed by atoms with Crippen LogP contribution in [0.3, 0.4) is 0 Å². The van der Waals surface area contributed by atoms with Crippen LogP contribution in [-0.4, -0.2) is 43.1 Å². The van der Waals surface area contributed by atoms with Gasteiger partial charge in [-0.1, -0.05) is 0 Å². The van der Waals surface area contributed by atoms with Crippen molar-refractivity contribution in [3.63, 3.8) is 0 Å². The van der Waals surface area contributed by atoms with Crippen LogP contribution in [0, 0.1) is 6.92 Å². The van der Waals surface area contributed by atoms with Crippen molar-refractivity contribution in [3.8, 4) is 0 Å². The van der Waals surface area contributed by atoms with Gasteiger partial charge in [0.1, 0.15) is 9.84 Å². The molecule has 0 spiro atoms. The predicted molar refractivity (Wildman–Crippen MR) is 65.8 cm³/mol. The van der Waals surface area contributed by atoms with Gasteiger partial charge in [-0.25, -0.2) is 18.2 Å². The number of nitrogens with zero attached hydrogens (tertiary/aromatic N) is 2. The second-order valence-corrected chi connectivity index (χ2v) is 6.25. The van der Waals surface area contributed by atoms with Crippen molar-refractivity contribution in [2.24, 2.45) is 0 Å². The van der Waals surface area contributed by atoms with Crippen molar-refractivity contribution in [1.82, 2.24) is 14.9 Å². The van der Waals surface area contributed by atoms with Gasteiger partial charge in [-0.2, -0.15) is 0 Å². The third-order valence-corrected chi connectivity index (χ3v) is 3.11. The molecule has 0 aromatic carbocycles. The third kappa shape index (κ3) is 5.60. The summed E-state index contributed by atoms with van der Waals surface area (Å²) in [5, 5.41) is 2.97. The van der Waals surface area contributed by atoms with Gasteiger partial charge in [-0.05, 0) is 12.5 Å². The number of nitrogens with one attached hydrogen (secondary N) is 1. The van der Waals surface area contributed by atoms with Crippen molar-refractivity contribution in [2.75, 3.05) is 25.1 Å². The second-order valence-electron chi connectivity index (χ2n) is 3.99. The van der Waals surface area contributed by atoms with Crippen molar-refractivity contribution in [3.05, 3.63) is 28.4 Å². The monoisotopic (exact) mass is 259 g/mol. The Balaban J connectivity index is 2.36. The van der Waals surface area contributed by atoms with Gasteiger partial charge in [0.15, 0.2) is 0 Å². The summed E-state index contributed by atoms with van der Waals surface area (Å²) in [5.41, 5.74) is 0.626. The Morgan fingerprint density at radius 1 is 1.41 bits per heavy atom. The van der Waals surface area contributed by atoms with E-state index in [9.17, 15) is 13.2 Å². The molecule has 0 aliphatic heterocycles. The highest BCUT2D eigenvalue weighted by Crippen LogP contribution is 1.88. The fourth-order valence-corrected chi connectivity index (χ4v) is 1.82. The quantitative estimate of drug-likeness (QED) is 0.675. The summed E-state index contributed by atoms with van der Waals surface area (Å²) in [6, 6.07) is 0. The van der Waals surface area contributed by atoms with Crippen LogP contribution >= 0.6 is 0 Å². The molecule has 0 aliphatic rings. The van der Waals surface area contributed by atoms with Crippen LogP contribution in [0.1, 0.15) is 5.56 Å². The summed E-state index contributed by atoms with van der Waals surface area (Å²) in [6.45, 7) is 3.28. The summed E-state index contributed by atoms with van der Waals surface area (Å²) in [5.74, 6) is 0.105. The van der Waals surface area contributed by atoms with E-state index in [1.54, 1.807) is 6.20 Å². The smallest absolute Gasteiger partial charge is 0.314 e. The Morgan fingerprint density at radius 3 is 2.76 bits per heavy atom. The number of hydrogen-bond acceptors (Lipinski definition) is 5. The topological polar surface area (TPSA) is 81.1 Å². The van der Waals surface area contributed by atoms with Gasteiger partial charge in [0.05, 0.1) is 5.75 Å². The molecule has 1 aromatic rings. The van der Waals surface area contributed by atoms with Crippen LogP contribution in [0.25, 0.3) is 0 Å². The number of aromatic nitrogens is 2. The summed E-state index contributed by atoms with van der Waals surface area (Å²) < 4.78 is 23.2. The normalized spacial score (nSPS) is 11.6. The van der Waals surface area contributed by atoms with Crippen LogP contribution in [0.5, 0.6) is 0 Å². The van der Waals surface area contributed by atoms with Crippen LogP contribution < -0.4 is 11.0 Å². The molecule has 0 amide bonds. The first-order valence-corrected chi connectivity index (χ1v) is 7.36. The highest BCUT2D eigenvalue weighted by Gasteiger charge is 2.01. The van der Waals surface area contributed by atoms with Gasteiger partial charge in [-0.15, -0.1) is 0 Å². The van der Waals surface area contributed by atoms with Gasteiger partial charge in [0.2, 0.25) is 0 Å². The fraction of sp³-hybridized carbons (Fsp3) is 0.600. The lowest BCUT2D eigenvalue weighted by Gasteiger charge is -2.06. The van der Waals surface area contributed by atoms with Gasteiger partial charge in [0, 0.05) is 38.3 Å². The molecule has 0 bridgehead atoms. The molecule has 0 saturated carbocycles. The molecule has 6 nitrogen and oxygen atoms in total. The number of rotatable bonds is 6. The third-order valence-electron chi connectivity index (χ3n) is 2.16. The molecular formula is C10H17N3O3S. The molecule has 1 heterocycles. The minimum Gasteiger partial charge on any atom is -0.314 e. The van der Waals surface area contributed by atoms with Crippen LogP contribution in [-0.2, 0) is 16.4 Å². The zero-order valence-corrected chi connectivity index (χ0v) is 10.8. The highest BCUT2D eigenvalue weighted by molar-refractivity contribution is 7.90. The lowest BCUT2D eigenvalue weighted by Crippen LogP contribution is -2.30. The van der Waals surface area contributed by atoms with Gasteiger partial charge < -0.3 is 5.32 Å². The Hall–Kier alpha value is -1.21. The Labute approximate surface area is 101 Å². The zero-order valence-electron chi connectivity index (χ0n) is 10.0. The molecule has 7 heteroatoms. The van der Waals surface area contributed by atoms with Gasteiger partial charge in [0.25, 0.3) is 0 Å². The molecule has 1 rings (SSSR count). The molecule has 1 N–H and O–H groups in total. The van der Waals surface area contributed by atoms with E-state index < -0.39 is 9.84 Å². The van der Waals surface area contributed by atoms with Crippen molar-refractivity contribution in [1.29, 1.82) is 0 Å². The Morgan fingerprint density at radius 2 is 2.12 bits per heavy atom. The largest absolute Gasteiger partial charge is 0.347 e. The SMILES string of the molecule is Cc1cnc(=O)n(CCNCCS(C)(=O)=O)c1. The number of aryl methyl sites for hydroxylation is 1. The lowest BCUT2D eigenvalue weighted by molar-refractivity contribution is 0.575. The molecular weight excluding hydrogens is 242 g/mol. The van der Waals surface area contributed by atoms with E-state index in [1.807, 2.05) is 6.92 Å². The first kappa shape index (κ1) is 13.9. The van der Waals surface area contributed by atoms with E-state index in [1.165, 1.54) is 17.0 Å². The zero-order chi connectivity index (χ0) is 12.9. The van der Waals surface area contributed by atoms with Crippen molar-refractivity contribution in [2.45, 2.75) is 13.5 Å². The molecule has 0 aliphatic carbocycles. The number of hydrogen-bond donors (Lipinski definition) is 1. The molecule has 0 atom stereocenters. The maximum Gasteiger partial charge on any atom is 0.347 e. The first-order chi connectivity index (χ1) is 7.88. The van der Waals surface area contributed by atoms with Crippen molar-refractivity contribution < 1.29 is 8.42 Å². The molecule has 1 aromatic heterocycles. The molecule has 0 fully saturated rings. The van der Waals surface area contributed by atoms with Crippen molar-refractivity contribution >= 4 is 9.84 Å². The van der Waals surface area contributed by atoms with E-state index >= 15 is 0 Å². The van der Waals surface area contributed by atoms with E-state index in [0.717, 1.165) is 5.56 Å². The maximum absolute atomic E-state index is 11.3. The lowest BCUT2D eigenvalue weighted by atomic mass is 10.4. The molecule has 0 radical (unpaired) electrons. The van der Waals surface area contributed by atoms with Gasteiger partial charge in [-0.3, -0.25) is 4.57 Å². The minimum absolute atomic E-state index is 0.105. The summed E-state index contributed by atoms with van der Waals surface area (Å²) in [6.07, 6.45) is 4.45. The number of sulfone groups is 1. The maximum atomic E-state index is 11.3. The summed E-state index contributed by atoms with van der Waals surface area (Å²) in [4.78, 5) is 15.0. The minimum atomic E-state index is -2.93. The average molecular weight is 259 g/mol. The van der Waals surface area contributed by atoms with Crippen LogP contribution in [0.4, 0.5) is 0 Å². The predicted octanol–water partition coefficient (Wildman–Crippen LogP) is -0.814. The van der Waals surface area contributed by atoms with Crippen LogP contribution in [0.15, 0.2) is 17.2 Å². The molecule has 0 saturated heterocycles. The van der Waals surface area contributed by atoms with E-state index in [2.05, 4.69) is 10.3 Å². The summed E-state index contributed by atoms with van der Waals surface area (Å²) >= 11 is 0. The van der Waals surface area contributed by atoms with Crippen LogP contribution in [0.2, 0.25) is 0 Å². The van der Waals surface area contributed by atoms with E-state index in [-0.39, 0.29) is 11.4 Å². The highest BCUT2D eigenvalue weighted by atomic mass is 32.2. The summed E-state index contributed by atoms with van der Waals surface area (Å²) in [7, 11) is -2.93. The molecule has 0 unspecified atom stereocenters. The molecule has 17 heavy (non-hydrogen) atoms. The van der Waals surface area contributed by atoms with E-state index in [4.69, 9.17) is 0 Å². The Kier molecular flexibility index (Phi) is 4.83. The van der Waals surface area contributed by atoms with Gasteiger partial charge >= 0.3 is 5.69 Å². The first-order valence-electron chi connectivity index (χ1n) is 5.30. The fourth-order valence-electron chi connectivity index (χ4n) is 1.31. The second kappa shape index (κ2) is 5.92. The average Bonchev–Trinajstić information content (AvgIpc) is 2.21. The molecule has 96 valence electrons. The standard InChI is InChI=1S/C10H17N3O3S/c1-9-7-12-10(14)13(8-9)5-3-11-4-6-17(2,15)16/h7-8,11H,3-6H2,1-2H3. The van der Waals surface area contributed by atoms with E-state index in [0.29, 0.717) is 19.6 Å². The Bertz CT molecular complexity index is 522.